The number of hydrogen-bond acceptors (Lipinski definition) is 3. The summed E-state index contributed by atoms with van der Waals surface area (Å²) in [5, 5.41) is 0. The summed E-state index contributed by atoms with van der Waals surface area (Å²) in [4.78, 5) is 15.0. The monoisotopic (exact) mass is 258 g/mol. The molecule has 0 spiro atoms. The van der Waals surface area contributed by atoms with Gasteiger partial charge >= 0.3 is 0 Å². The molecule has 0 fully saturated rings. The van der Waals surface area contributed by atoms with Crippen molar-refractivity contribution in [1.82, 2.24) is 9.55 Å². The predicted molar refractivity (Wildman–Crippen MR) is 73.0 cm³/mol. The van der Waals surface area contributed by atoms with E-state index in [1.165, 1.54) is 0 Å². The van der Waals surface area contributed by atoms with E-state index in [0.29, 0.717) is 13.0 Å². The Bertz CT molecular complexity index is 544. The van der Waals surface area contributed by atoms with E-state index in [-0.39, 0.29) is 5.78 Å². The third-order valence-electron chi connectivity index (χ3n) is 2.99. The van der Waals surface area contributed by atoms with Crippen LogP contribution in [0, 0.1) is 0 Å². The van der Waals surface area contributed by atoms with Crippen molar-refractivity contribution >= 4 is 5.78 Å². The van der Waals surface area contributed by atoms with E-state index in [4.69, 9.17) is 4.74 Å². The Balaban J connectivity index is 1.88. The van der Waals surface area contributed by atoms with Gasteiger partial charge in [0.2, 0.25) is 0 Å². The molecule has 0 saturated heterocycles. The number of carbonyl (C=O) groups is 1. The third-order valence-corrected chi connectivity index (χ3v) is 2.99. The second-order valence-electron chi connectivity index (χ2n) is 4.63. The molecule has 1 heterocycles. The Morgan fingerprint density at radius 3 is 2.63 bits per heavy atom. The van der Waals surface area contributed by atoms with Gasteiger partial charge in [0.1, 0.15) is 18.1 Å². The maximum absolute atomic E-state index is 10.9. The highest BCUT2D eigenvalue weighted by Gasteiger charge is 2.01. The van der Waals surface area contributed by atoms with Gasteiger partial charge in [-0.25, -0.2) is 4.98 Å². The van der Waals surface area contributed by atoms with Crippen LogP contribution >= 0.6 is 0 Å². The number of aryl methyl sites for hydroxylation is 2. The van der Waals surface area contributed by atoms with Crippen molar-refractivity contribution in [2.24, 2.45) is 7.05 Å². The molecule has 0 saturated carbocycles. The van der Waals surface area contributed by atoms with Crippen LogP contribution in [0.1, 0.15) is 24.6 Å². The van der Waals surface area contributed by atoms with Crippen molar-refractivity contribution in [3.05, 3.63) is 48.0 Å². The van der Waals surface area contributed by atoms with E-state index in [9.17, 15) is 4.79 Å². The summed E-state index contributed by atoms with van der Waals surface area (Å²) in [6.07, 6.45) is 4.93. The molecule has 1 aromatic carbocycles. The van der Waals surface area contributed by atoms with Crippen LogP contribution in [-0.2, 0) is 24.9 Å². The number of Topliss-reactive ketones (excluding diaryl/α,β-unsaturated/α-hetero) is 1. The molecule has 0 aliphatic rings. The van der Waals surface area contributed by atoms with Crippen LogP contribution in [0.4, 0.5) is 0 Å². The zero-order valence-corrected chi connectivity index (χ0v) is 11.3. The van der Waals surface area contributed by atoms with Gasteiger partial charge in [-0.3, -0.25) is 0 Å². The van der Waals surface area contributed by atoms with E-state index in [1.807, 2.05) is 35.9 Å². The molecule has 4 heteroatoms. The molecule has 0 N–H and O–H groups in total. The highest BCUT2D eigenvalue weighted by molar-refractivity contribution is 5.75. The number of nitrogens with zero attached hydrogens (tertiary/aromatic N) is 2. The van der Waals surface area contributed by atoms with Crippen LogP contribution in [0.15, 0.2) is 36.8 Å². The average Bonchev–Trinajstić information content (AvgIpc) is 2.81. The lowest BCUT2D eigenvalue weighted by Crippen LogP contribution is -2.01. The molecule has 100 valence electrons. The van der Waals surface area contributed by atoms with E-state index < -0.39 is 0 Å². The second-order valence-corrected chi connectivity index (χ2v) is 4.63. The standard InChI is InChI=1S/C15H18N2O2/c1-12(18)3-4-13-5-7-15(8-6-13)19-10-14-9-16-11-17(14)2/h5-9,11H,3-4,10H2,1-2H3. The van der Waals surface area contributed by atoms with E-state index >= 15 is 0 Å². The van der Waals surface area contributed by atoms with Crippen LogP contribution in [0.25, 0.3) is 0 Å². The van der Waals surface area contributed by atoms with Gasteiger partial charge in [0.15, 0.2) is 0 Å². The summed E-state index contributed by atoms with van der Waals surface area (Å²) in [5.41, 5.74) is 2.18. The third kappa shape index (κ3) is 3.95. The Kier molecular flexibility index (Phi) is 4.34. The number of aromatic nitrogens is 2. The summed E-state index contributed by atoms with van der Waals surface area (Å²) >= 11 is 0. The van der Waals surface area contributed by atoms with E-state index in [0.717, 1.165) is 23.4 Å². The van der Waals surface area contributed by atoms with Crippen LogP contribution in [0.5, 0.6) is 5.75 Å². The summed E-state index contributed by atoms with van der Waals surface area (Å²) in [7, 11) is 1.94. The molecule has 0 unspecified atom stereocenters. The molecular formula is C15H18N2O2. The maximum atomic E-state index is 10.9. The maximum Gasteiger partial charge on any atom is 0.130 e. The SMILES string of the molecule is CC(=O)CCc1ccc(OCc2cncn2C)cc1. The number of benzene rings is 1. The average molecular weight is 258 g/mol. The quantitative estimate of drug-likeness (QED) is 0.799. The first kappa shape index (κ1) is 13.3. The minimum absolute atomic E-state index is 0.219. The van der Waals surface area contributed by atoms with E-state index in [2.05, 4.69) is 4.98 Å². The molecule has 2 aromatic rings. The zero-order chi connectivity index (χ0) is 13.7. The molecule has 0 bridgehead atoms. The predicted octanol–water partition coefficient (Wildman–Crippen LogP) is 2.52. The smallest absolute Gasteiger partial charge is 0.130 e. The number of rotatable bonds is 6. The fourth-order valence-electron chi connectivity index (χ4n) is 1.75. The summed E-state index contributed by atoms with van der Waals surface area (Å²) in [5.74, 6) is 1.05. The van der Waals surface area contributed by atoms with Crippen LogP contribution < -0.4 is 4.74 Å². The lowest BCUT2D eigenvalue weighted by atomic mass is 10.1. The zero-order valence-electron chi connectivity index (χ0n) is 11.3. The number of ketones is 1. The van der Waals surface area contributed by atoms with Crippen molar-refractivity contribution in [1.29, 1.82) is 0 Å². The highest BCUT2D eigenvalue weighted by atomic mass is 16.5. The summed E-state index contributed by atoms with van der Waals surface area (Å²) < 4.78 is 7.62. The highest BCUT2D eigenvalue weighted by Crippen LogP contribution is 2.15. The van der Waals surface area contributed by atoms with Gasteiger partial charge in [0.05, 0.1) is 18.2 Å². The van der Waals surface area contributed by atoms with E-state index in [1.54, 1.807) is 19.4 Å². The van der Waals surface area contributed by atoms with Gasteiger partial charge in [-0.2, -0.15) is 0 Å². The van der Waals surface area contributed by atoms with Crippen LogP contribution in [0.2, 0.25) is 0 Å². The van der Waals surface area contributed by atoms with Crippen LogP contribution in [0.3, 0.4) is 0 Å². The first-order valence-electron chi connectivity index (χ1n) is 6.31. The number of carbonyl (C=O) groups excluding carboxylic acids is 1. The number of ether oxygens (including phenoxy) is 1. The van der Waals surface area contributed by atoms with Gasteiger partial charge in [0.25, 0.3) is 0 Å². The normalized spacial score (nSPS) is 10.4. The molecular weight excluding hydrogens is 240 g/mol. The molecule has 0 aliphatic carbocycles. The van der Waals surface area contributed by atoms with Gasteiger partial charge < -0.3 is 14.1 Å². The van der Waals surface area contributed by atoms with Gasteiger partial charge in [-0.1, -0.05) is 12.1 Å². The second kappa shape index (κ2) is 6.18. The molecule has 0 atom stereocenters. The van der Waals surface area contributed by atoms with Gasteiger partial charge in [-0.15, -0.1) is 0 Å². The molecule has 0 aliphatic heterocycles. The lowest BCUT2D eigenvalue weighted by molar-refractivity contribution is -0.116. The Hall–Kier alpha value is -2.10. The molecule has 4 nitrogen and oxygen atoms in total. The van der Waals surface area contributed by atoms with Crippen molar-refractivity contribution in [3.8, 4) is 5.75 Å². The summed E-state index contributed by atoms with van der Waals surface area (Å²) in [6.45, 7) is 2.12. The topological polar surface area (TPSA) is 44.1 Å². The molecule has 2 rings (SSSR count). The van der Waals surface area contributed by atoms with Crippen molar-refractivity contribution in [2.75, 3.05) is 0 Å². The molecule has 0 radical (unpaired) electrons. The number of imidazole rings is 1. The van der Waals surface area contributed by atoms with Crippen molar-refractivity contribution in [3.63, 3.8) is 0 Å². The molecule has 1 aromatic heterocycles. The first-order valence-corrected chi connectivity index (χ1v) is 6.31. The summed E-state index contributed by atoms with van der Waals surface area (Å²) in [6, 6.07) is 7.88. The van der Waals surface area contributed by atoms with Crippen molar-refractivity contribution < 1.29 is 9.53 Å². The Morgan fingerprint density at radius 2 is 2.05 bits per heavy atom. The Labute approximate surface area is 113 Å². The number of hydrogen-bond donors (Lipinski definition) is 0. The van der Waals surface area contributed by atoms with Crippen LogP contribution in [-0.4, -0.2) is 15.3 Å². The first-order chi connectivity index (χ1) is 9.15. The fourth-order valence-corrected chi connectivity index (χ4v) is 1.75. The van der Waals surface area contributed by atoms with Crippen molar-refractivity contribution in [2.45, 2.75) is 26.4 Å². The minimum atomic E-state index is 0.219. The van der Waals surface area contributed by atoms with Gasteiger partial charge in [-0.05, 0) is 31.0 Å². The fraction of sp³-hybridized carbons (Fsp3) is 0.333. The molecule has 0 amide bonds. The van der Waals surface area contributed by atoms with Gasteiger partial charge in [0, 0.05) is 13.5 Å². The largest absolute Gasteiger partial charge is 0.487 e. The lowest BCUT2D eigenvalue weighted by Gasteiger charge is -2.07. The minimum Gasteiger partial charge on any atom is -0.487 e. The Morgan fingerprint density at radius 1 is 1.32 bits per heavy atom. The molecule has 19 heavy (non-hydrogen) atoms.